The molecule has 4 aromatic rings. The summed E-state index contributed by atoms with van der Waals surface area (Å²) < 4.78 is 3.42. The van der Waals surface area contributed by atoms with Crippen molar-refractivity contribution in [3.63, 3.8) is 0 Å². The molecule has 0 radical (unpaired) electrons. The Bertz CT molecular complexity index is 1330. The summed E-state index contributed by atoms with van der Waals surface area (Å²) >= 11 is 0. The summed E-state index contributed by atoms with van der Waals surface area (Å²) in [6, 6.07) is 17.6. The van der Waals surface area contributed by atoms with Crippen molar-refractivity contribution in [3.05, 3.63) is 81.8 Å². The third-order valence-corrected chi connectivity index (χ3v) is 5.76. The topological polar surface area (TPSA) is 59.6 Å². The number of aromatic nitrogens is 3. The van der Waals surface area contributed by atoms with Crippen LogP contribution in [0.2, 0.25) is 0 Å². The highest BCUT2D eigenvalue weighted by atomic mass is 16.2. The van der Waals surface area contributed by atoms with Crippen LogP contribution in [0.5, 0.6) is 0 Å². The van der Waals surface area contributed by atoms with Crippen molar-refractivity contribution < 1.29 is 4.79 Å². The van der Waals surface area contributed by atoms with Crippen LogP contribution in [-0.4, -0.2) is 31.5 Å². The standard InChI is InChI=1S/C24H24N4O2/c1-16(2)14-27-20-9-5-6-10-21(20)28-22(24(27)30)13-19(25-28)23(29)26-12-11-17-7-3-4-8-18(17)15-26/h3-10,13,16H,11-12,14-15H2,1-2H3. The third kappa shape index (κ3) is 3.00. The minimum atomic E-state index is -0.132. The SMILES string of the molecule is CC(C)Cn1c(=O)c2cc(C(=O)N3CCc4ccccc4C3)nn2c2ccccc21. The molecule has 6 heteroatoms. The molecule has 6 nitrogen and oxygen atoms in total. The number of para-hydroxylation sites is 2. The molecule has 5 rings (SSSR count). The van der Waals surface area contributed by atoms with E-state index in [0.29, 0.717) is 36.8 Å². The number of fused-ring (bicyclic) bond motifs is 4. The summed E-state index contributed by atoms with van der Waals surface area (Å²) in [7, 11) is 0. The Balaban J connectivity index is 1.60. The zero-order valence-corrected chi connectivity index (χ0v) is 17.2. The first-order valence-electron chi connectivity index (χ1n) is 10.4. The molecule has 0 unspecified atom stereocenters. The molecule has 2 aromatic carbocycles. The normalized spacial score (nSPS) is 13.9. The monoisotopic (exact) mass is 400 g/mol. The van der Waals surface area contributed by atoms with Gasteiger partial charge in [-0.1, -0.05) is 50.2 Å². The molecule has 0 saturated heterocycles. The van der Waals surface area contributed by atoms with Gasteiger partial charge < -0.3 is 9.47 Å². The van der Waals surface area contributed by atoms with Crippen molar-refractivity contribution in [1.82, 2.24) is 19.1 Å². The molecule has 0 atom stereocenters. The lowest BCUT2D eigenvalue weighted by Crippen LogP contribution is -2.36. The van der Waals surface area contributed by atoms with Crippen molar-refractivity contribution in [3.8, 4) is 0 Å². The molecule has 0 N–H and O–H groups in total. The van der Waals surface area contributed by atoms with Crippen molar-refractivity contribution in [2.75, 3.05) is 6.54 Å². The Labute approximate surface area is 174 Å². The summed E-state index contributed by atoms with van der Waals surface area (Å²) in [4.78, 5) is 28.3. The molecule has 0 bridgehead atoms. The van der Waals surface area contributed by atoms with Gasteiger partial charge in [-0.05, 0) is 35.6 Å². The Morgan fingerprint density at radius 2 is 1.70 bits per heavy atom. The predicted octanol–water partition coefficient (Wildman–Crippen LogP) is 3.50. The molecular weight excluding hydrogens is 376 g/mol. The summed E-state index contributed by atoms with van der Waals surface area (Å²) in [6.45, 7) is 6.02. The Morgan fingerprint density at radius 3 is 2.47 bits per heavy atom. The van der Waals surface area contributed by atoms with E-state index in [4.69, 9.17) is 0 Å². The molecule has 30 heavy (non-hydrogen) atoms. The number of rotatable bonds is 3. The minimum absolute atomic E-state index is 0.113. The number of carbonyl (C=O) groups excluding carboxylic acids is 1. The summed E-state index contributed by atoms with van der Waals surface area (Å²) in [6.07, 6.45) is 0.833. The van der Waals surface area contributed by atoms with Crippen molar-refractivity contribution in [2.45, 2.75) is 33.4 Å². The van der Waals surface area contributed by atoms with Gasteiger partial charge in [-0.3, -0.25) is 9.59 Å². The smallest absolute Gasteiger partial charge is 0.277 e. The van der Waals surface area contributed by atoms with Gasteiger partial charge in [0.05, 0.1) is 11.0 Å². The van der Waals surface area contributed by atoms with Gasteiger partial charge in [-0.2, -0.15) is 5.10 Å². The molecule has 0 spiro atoms. The van der Waals surface area contributed by atoms with Gasteiger partial charge in [0.2, 0.25) is 0 Å². The van der Waals surface area contributed by atoms with E-state index in [9.17, 15) is 9.59 Å². The molecule has 0 fully saturated rings. The summed E-state index contributed by atoms with van der Waals surface area (Å²) in [5, 5.41) is 4.57. The second kappa shape index (κ2) is 7.13. The maximum atomic E-state index is 13.2. The Kier molecular flexibility index (Phi) is 4.42. The second-order valence-electron chi connectivity index (χ2n) is 8.37. The second-order valence-corrected chi connectivity index (χ2v) is 8.37. The van der Waals surface area contributed by atoms with Gasteiger partial charge in [0, 0.05) is 25.7 Å². The zero-order chi connectivity index (χ0) is 20.8. The molecule has 2 aromatic heterocycles. The average Bonchev–Trinajstić information content (AvgIpc) is 3.21. The van der Waals surface area contributed by atoms with Crippen LogP contribution in [0, 0.1) is 5.92 Å². The highest BCUT2D eigenvalue weighted by Gasteiger charge is 2.25. The maximum Gasteiger partial charge on any atom is 0.277 e. The quantitative estimate of drug-likeness (QED) is 0.529. The molecular formula is C24H24N4O2. The van der Waals surface area contributed by atoms with Gasteiger partial charge in [0.15, 0.2) is 5.69 Å². The van der Waals surface area contributed by atoms with E-state index in [1.165, 1.54) is 11.1 Å². The number of carbonyl (C=O) groups is 1. The van der Waals surface area contributed by atoms with Crippen molar-refractivity contribution in [1.29, 1.82) is 0 Å². The first-order chi connectivity index (χ1) is 14.5. The van der Waals surface area contributed by atoms with Crippen LogP contribution < -0.4 is 5.56 Å². The van der Waals surface area contributed by atoms with E-state index in [1.54, 1.807) is 15.1 Å². The maximum absolute atomic E-state index is 13.2. The summed E-state index contributed by atoms with van der Waals surface area (Å²) in [5.41, 5.74) is 4.77. The average molecular weight is 400 g/mol. The van der Waals surface area contributed by atoms with Crippen LogP contribution >= 0.6 is 0 Å². The lowest BCUT2D eigenvalue weighted by molar-refractivity contribution is 0.0728. The van der Waals surface area contributed by atoms with Gasteiger partial charge >= 0.3 is 0 Å². The number of benzene rings is 2. The fraction of sp³-hybridized carbons (Fsp3) is 0.292. The van der Waals surface area contributed by atoms with Gasteiger partial charge in [0.25, 0.3) is 11.5 Å². The van der Waals surface area contributed by atoms with Gasteiger partial charge in [0.1, 0.15) is 5.52 Å². The zero-order valence-electron chi connectivity index (χ0n) is 17.2. The van der Waals surface area contributed by atoms with Crippen LogP contribution in [-0.2, 0) is 19.5 Å². The van der Waals surface area contributed by atoms with Crippen LogP contribution in [0.15, 0.2) is 59.4 Å². The van der Waals surface area contributed by atoms with Crippen molar-refractivity contribution in [2.24, 2.45) is 5.92 Å². The fourth-order valence-corrected chi connectivity index (χ4v) is 4.32. The van der Waals surface area contributed by atoms with Crippen LogP contribution in [0.25, 0.3) is 16.6 Å². The first-order valence-corrected chi connectivity index (χ1v) is 10.4. The molecule has 1 amide bonds. The molecule has 1 aliphatic heterocycles. The fourth-order valence-electron chi connectivity index (χ4n) is 4.32. The Hall–Kier alpha value is -3.41. The van der Waals surface area contributed by atoms with Crippen molar-refractivity contribution >= 4 is 22.5 Å². The van der Waals surface area contributed by atoms with Crippen LogP contribution in [0.4, 0.5) is 0 Å². The van der Waals surface area contributed by atoms with Gasteiger partial charge in [-0.15, -0.1) is 0 Å². The number of amides is 1. The first kappa shape index (κ1) is 18.6. The largest absolute Gasteiger partial charge is 0.333 e. The number of hydrogen-bond acceptors (Lipinski definition) is 3. The third-order valence-electron chi connectivity index (χ3n) is 5.76. The van der Waals surface area contributed by atoms with E-state index in [1.807, 2.05) is 41.3 Å². The lowest BCUT2D eigenvalue weighted by atomic mass is 10.00. The molecule has 3 heterocycles. The van der Waals surface area contributed by atoms with E-state index < -0.39 is 0 Å². The molecule has 1 aliphatic rings. The number of hydrogen-bond donors (Lipinski definition) is 0. The van der Waals surface area contributed by atoms with Gasteiger partial charge in [-0.25, -0.2) is 4.52 Å². The highest BCUT2D eigenvalue weighted by Crippen LogP contribution is 2.21. The minimum Gasteiger partial charge on any atom is -0.333 e. The molecule has 0 aliphatic carbocycles. The summed E-state index contributed by atoms with van der Waals surface area (Å²) in [5.74, 6) is 0.193. The highest BCUT2D eigenvalue weighted by molar-refractivity contribution is 5.94. The molecule has 152 valence electrons. The Morgan fingerprint density at radius 1 is 1.00 bits per heavy atom. The lowest BCUT2D eigenvalue weighted by Gasteiger charge is -2.28. The van der Waals surface area contributed by atoms with Crippen LogP contribution in [0.1, 0.15) is 35.5 Å². The molecule has 0 saturated carbocycles. The van der Waals surface area contributed by atoms with E-state index in [2.05, 4.69) is 31.1 Å². The van der Waals surface area contributed by atoms with E-state index >= 15 is 0 Å². The van der Waals surface area contributed by atoms with E-state index in [-0.39, 0.29) is 11.5 Å². The number of nitrogens with zero attached hydrogens (tertiary/aromatic N) is 4. The predicted molar refractivity (Wildman–Crippen MR) is 117 cm³/mol. The van der Waals surface area contributed by atoms with Crippen LogP contribution in [0.3, 0.4) is 0 Å². The van der Waals surface area contributed by atoms with E-state index in [0.717, 1.165) is 17.5 Å².